The smallest absolute Gasteiger partial charge is 0.0798 e. The van der Waals surface area contributed by atoms with Crippen LogP contribution in [0.25, 0.3) is 11.1 Å². The van der Waals surface area contributed by atoms with Crippen molar-refractivity contribution in [1.29, 1.82) is 0 Å². The Morgan fingerprint density at radius 2 is 1.43 bits per heavy atom. The minimum atomic E-state index is -0.382. The molecule has 4 rings (SSSR count). The van der Waals surface area contributed by atoms with Gasteiger partial charge in [0.25, 0.3) is 0 Å². The summed E-state index contributed by atoms with van der Waals surface area (Å²) < 4.78 is 0. The minimum Gasteiger partial charge on any atom is -0.388 e. The molecule has 23 heavy (non-hydrogen) atoms. The summed E-state index contributed by atoms with van der Waals surface area (Å²) in [6.07, 6.45) is 1.42. The third-order valence-corrected chi connectivity index (χ3v) is 4.86. The molecule has 1 aliphatic rings. The normalized spacial score (nSPS) is 20.0. The molecule has 0 fully saturated rings. The van der Waals surface area contributed by atoms with Crippen molar-refractivity contribution in [1.82, 2.24) is 0 Å². The standard InChI is InChI=1S/C22H20O/c23-22-15-20(17-9-5-2-6-10-17)13-19-12-11-18(14-21(19)22)16-7-3-1-4-8-16/h1-12,14,20,22-23H,13,15H2/t20-,22-/m1/s1. The second-order valence-electron chi connectivity index (χ2n) is 6.34. The second-order valence-corrected chi connectivity index (χ2v) is 6.34. The summed E-state index contributed by atoms with van der Waals surface area (Å²) in [6, 6.07) is 27.4. The third-order valence-electron chi connectivity index (χ3n) is 4.86. The van der Waals surface area contributed by atoms with Gasteiger partial charge in [-0.05, 0) is 52.6 Å². The Labute approximate surface area is 137 Å². The lowest BCUT2D eigenvalue weighted by atomic mass is 9.78. The Bertz CT molecular complexity index is 793. The number of aliphatic hydroxyl groups is 1. The molecule has 2 atom stereocenters. The average Bonchev–Trinajstić information content (AvgIpc) is 2.63. The molecular formula is C22H20O. The van der Waals surface area contributed by atoms with E-state index in [4.69, 9.17) is 0 Å². The lowest BCUT2D eigenvalue weighted by molar-refractivity contribution is 0.147. The van der Waals surface area contributed by atoms with E-state index in [-0.39, 0.29) is 6.10 Å². The lowest BCUT2D eigenvalue weighted by Crippen LogP contribution is -2.17. The van der Waals surface area contributed by atoms with Gasteiger partial charge in [0.2, 0.25) is 0 Å². The van der Waals surface area contributed by atoms with Gasteiger partial charge in [-0.25, -0.2) is 0 Å². The van der Waals surface area contributed by atoms with E-state index in [9.17, 15) is 5.11 Å². The molecule has 0 saturated carbocycles. The Morgan fingerprint density at radius 3 is 2.17 bits per heavy atom. The molecule has 0 amide bonds. The van der Waals surface area contributed by atoms with Gasteiger partial charge < -0.3 is 5.11 Å². The Morgan fingerprint density at radius 1 is 0.739 bits per heavy atom. The van der Waals surface area contributed by atoms with Crippen molar-refractivity contribution in [2.75, 3.05) is 0 Å². The highest BCUT2D eigenvalue weighted by Crippen LogP contribution is 2.40. The summed E-state index contributed by atoms with van der Waals surface area (Å²) >= 11 is 0. The zero-order chi connectivity index (χ0) is 15.6. The van der Waals surface area contributed by atoms with Crippen LogP contribution in [0.15, 0.2) is 78.9 Å². The Hall–Kier alpha value is -2.38. The summed E-state index contributed by atoms with van der Waals surface area (Å²) in [5.41, 5.74) is 6.08. The summed E-state index contributed by atoms with van der Waals surface area (Å²) in [6.45, 7) is 0. The van der Waals surface area contributed by atoms with E-state index >= 15 is 0 Å². The molecule has 0 aromatic heterocycles. The highest BCUT2D eigenvalue weighted by atomic mass is 16.3. The minimum absolute atomic E-state index is 0.382. The van der Waals surface area contributed by atoms with Crippen molar-refractivity contribution in [3.05, 3.63) is 95.6 Å². The largest absolute Gasteiger partial charge is 0.388 e. The van der Waals surface area contributed by atoms with Crippen LogP contribution in [0.1, 0.15) is 35.1 Å². The van der Waals surface area contributed by atoms with E-state index in [1.165, 1.54) is 22.3 Å². The van der Waals surface area contributed by atoms with Crippen LogP contribution in [0.3, 0.4) is 0 Å². The Balaban J connectivity index is 1.68. The molecule has 0 radical (unpaired) electrons. The second kappa shape index (κ2) is 6.02. The average molecular weight is 300 g/mol. The van der Waals surface area contributed by atoms with Crippen molar-refractivity contribution in [3.63, 3.8) is 0 Å². The molecule has 1 aliphatic carbocycles. The van der Waals surface area contributed by atoms with Crippen LogP contribution >= 0.6 is 0 Å². The monoisotopic (exact) mass is 300 g/mol. The summed E-state index contributed by atoms with van der Waals surface area (Å²) in [5, 5.41) is 10.7. The molecule has 1 nitrogen and oxygen atoms in total. The molecule has 1 N–H and O–H groups in total. The van der Waals surface area contributed by atoms with E-state index in [2.05, 4.69) is 66.7 Å². The number of hydrogen-bond donors (Lipinski definition) is 1. The highest BCUT2D eigenvalue weighted by molar-refractivity contribution is 5.65. The van der Waals surface area contributed by atoms with Crippen LogP contribution in [-0.2, 0) is 6.42 Å². The van der Waals surface area contributed by atoms with Crippen molar-refractivity contribution in [2.45, 2.75) is 24.9 Å². The lowest BCUT2D eigenvalue weighted by Gasteiger charge is -2.29. The van der Waals surface area contributed by atoms with Crippen molar-refractivity contribution >= 4 is 0 Å². The molecule has 0 unspecified atom stereocenters. The number of aliphatic hydroxyl groups excluding tert-OH is 1. The maximum Gasteiger partial charge on any atom is 0.0798 e. The van der Waals surface area contributed by atoms with Crippen molar-refractivity contribution < 1.29 is 5.11 Å². The fourth-order valence-corrected chi connectivity index (χ4v) is 3.63. The van der Waals surface area contributed by atoms with Gasteiger partial charge in [-0.2, -0.15) is 0 Å². The fourth-order valence-electron chi connectivity index (χ4n) is 3.63. The maximum atomic E-state index is 10.7. The summed E-state index contributed by atoms with van der Waals surface area (Å²) in [4.78, 5) is 0. The number of rotatable bonds is 2. The van der Waals surface area contributed by atoms with Gasteiger partial charge in [0, 0.05) is 0 Å². The first kappa shape index (κ1) is 14.2. The van der Waals surface area contributed by atoms with E-state index in [1.807, 2.05) is 12.1 Å². The van der Waals surface area contributed by atoms with Crippen LogP contribution in [0.5, 0.6) is 0 Å². The predicted molar refractivity (Wildman–Crippen MR) is 94.3 cm³/mol. The molecule has 0 bridgehead atoms. The third kappa shape index (κ3) is 2.80. The van der Waals surface area contributed by atoms with Gasteiger partial charge in [-0.15, -0.1) is 0 Å². The van der Waals surface area contributed by atoms with Crippen LogP contribution < -0.4 is 0 Å². The van der Waals surface area contributed by atoms with E-state index in [1.54, 1.807) is 0 Å². The van der Waals surface area contributed by atoms with Gasteiger partial charge in [-0.3, -0.25) is 0 Å². The topological polar surface area (TPSA) is 20.2 Å². The molecule has 0 saturated heterocycles. The predicted octanol–water partition coefficient (Wildman–Crippen LogP) is 5.12. The first-order chi connectivity index (χ1) is 11.3. The first-order valence-corrected chi connectivity index (χ1v) is 8.22. The molecule has 0 aliphatic heterocycles. The van der Waals surface area contributed by atoms with Crippen LogP contribution in [0.4, 0.5) is 0 Å². The van der Waals surface area contributed by atoms with Crippen LogP contribution in [-0.4, -0.2) is 5.11 Å². The van der Waals surface area contributed by atoms with E-state index in [0.29, 0.717) is 5.92 Å². The maximum absolute atomic E-state index is 10.7. The van der Waals surface area contributed by atoms with Gasteiger partial charge >= 0.3 is 0 Å². The van der Waals surface area contributed by atoms with Gasteiger partial charge in [-0.1, -0.05) is 72.8 Å². The fraction of sp³-hybridized carbons (Fsp3) is 0.182. The summed E-state index contributed by atoms with van der Waals surface area (Å²) in [5.74, 6) is 0.404. The zero-order valence-electron chi connectivity index (χ0n) is 13.0. The van der Waals surface area contributed by atoms with E-state index in [0.717, 1.165) is 18.4 Å². The molecule has 3 aromatic carbocycles. The van der Waals surface area contributed by atoms with Crippen molar-refractivity contribution in [3.8, 4) is 11.1 Å². The number of fused-ring (bicyclic) bond motifs is 1. The zero-order valence-corrected chi connectivity index (χ0v) is 13.0. The first-order valence-electron chi connectivity index (χ1n) is 8.22. The Kier molecular flexibility index (Phi) is 3.72. The quantitative estimate of drug-likeness (QED) is 0.696. The van der Waals surface area contributed by atoms with Gasteiger partial charge in [0.1, 0.15) is 0 Å². The van der Waals surface area contributed by atoms with Crippen molar-refractivity contribution in [2.24, 2.45) is 0 Å². The molecule has 1 heteroatoms. The molecule has 114 valence electrons. The van der Waals surface area contributed by atoms with Gasteiger partial charge in [0.05, 0.1) is 6.10 Å². The number of hydrogen-bond acceptors (Lipinski definition) is 1. The highest BCUT2D eigenvalue weighted by Gasteiger charge is 2.26. The summed E-state index contributed by atoms with van der Waals surface area (Å²) in [7, 11) is 0. The van der Waals surface area contributed by atoms with Crippen LogP contribution in [0.2, 0.25) is 0 Å². The van der Waals surface area contributed by atoms with Crippen LogP contribution in [0, 0.1) is 0 Å². The SMILES string of the molecule is O[C@@H]1C[C@H](c2ccccc2)Cc2ccc(-c3ccccc3)cc21. The van der Waals surface area contributed by atoms with E-state index < -0.39 is 0 Å². The van der Waals surface area contributed by atoms with Gasteiger partial charge in [0.15, 0.2) is 0 Å². The molecule has 0 heterocycles. The molecule has 0 spiro atoms. The number of benzene rings is 3. The molecule has 3 aromatic rings. The molecular weight excluding hydrogens is 280 g/mol.